The van der Waals surface area contributed by atoms with E-state index in [2.05, 4.69) is 17.0 Å². The molecular weight excluding hydrogens is 304 g/mol. The summed E-state index contributed by atoms with van der Waals surface area (Å²) in [6.45, 7) is 6.65. The van der Waals surface area contributed by atoms with E-state index in [9.17, 15) is 8.42 Å². The van der Waals surface area contributed by atoms with Gasteiger partial charge in [0.25, 0.3) is 0 Å². The first kappa shape index (κ1) is 16.9. The van der Waals surface area contributed by atoms with Crippen molar-refractivity contribution >= 4 is 21.4 Å². The molecule has 0 saturated heterocycles. The smallest absolute Gasteiger partial charge is 0.242 e. The molecule has 120 valence electrons. The van der Waals surface area contributed by atoms with Gasteiger partial charge in [0, 0.05) is 23.5 Å². The Balaban J connectivity index is 2.15. The summed E-state index contributed by atoms with van der Waals surface area (Å²) in [5.74, 6) is 0. The van der Waals surface area contributed by atoms with Crippen LogP contribution in [0, 0.1) is 6.92 Å². The summed E-state index contributed by atoms with van der Waals surface area (Å²) in [6, 6.07) is 0.614. The second kappa shape index (κ2) is 7.22. The number of rotatable bonds is 9. The van der Waals surface area contributed by atoms with Crippen molar-refractivity contribution in [3.63, 3.8) is 0 Å². The molecule has 1 saturated carbocycles. The van der Waals surface area contributed by atoms with Crippen molar-refractivity contribution in [1.29, 1.82) is 0 Å². The molecule has 1 fully saturated rings. The van der Waals surface area contributed by atoms with Crippen molar-refractivity contribution in [2.45, 2.75) is 76.4 Å². The van der Waals surface area contributed by atoms with Gasteiger partial charge in [0.15, 0.2) is 0 Å². The molecule has 1 heterocycles. The van der Waals surface area contributed by atoms with Gasteiger partial charge in [-0.1, -0.05) is 20.3 Å². The van der Waals surface area contributed by atoms with Crippen LogP contribution in [0.15, 0.2) is 10.3 Å². The molecule has 1 aromatic heterocycles. The van der Waals surface area contributed by atoms with Crippen molar-refractivity contribution in [2.24, 2.45) is 0 Å². The van der Waals surface area contributed by atoms with Gasteiger partial charge in [0.05, 0.1) is 0 Å². The third-order valence-corrected chi connectivity index (χ3v) is 6.82. The molecule has 0 bridgehead atoms. The molecule has 0 amide bonds. The highest BCUT2D eigenvalue weighted by molar-refractivity contribution is 7.89. The van der Waals surface area contributed by atoms with E-state index in [4.69, 9.17) is 0 Å². The fourth-order valence-electron chi connectivity index (χ4n) is 2.47. The molecule has 0 spiro atoms. The van der Waals surface area contributed by atoms with E-state index in [0.29, 0.717) is 17.5 Å². The number of sulfonamides is 1. The fraction of sp³-hybridized carbons (Fsp3) is 0.733. The zero-order valence-corrected chi connectivity index (χ0v) is 14.7. The van der Waals surface area contributed by atoms with Crippen LogP contribution in [-0.4, -0.2) is 20.5 Å². The number of hydrogen-bond acceptors (Lipinski definition) is 4. The van der Waals surface area contributed by atoms with Crippen molar-refractivity contribution in [2.75, 3.05) is 0 Å². The van der Waals surface area contributed by atoms with Gasteiger partial charge in [-0.2, -0.15) is 0 Å². The predicted octanol–water partition coefficient (Wildman–Crippen LogP) is 3.17. The molecular formula is C15H26N2O2S2. The Morgan fingerprint density at radius 1 is 1.38 bits per heavy atom. The highest BCUT2D eigenvalue weighted by atomic mass is 32.2. The second-order valence-electron chi connectivity index (χ2n) is 5.84. The SMILES string of the molecule is CCCC(CC)NS(=O)(=O)c1c(C)csc1CNC1CC1. The fourth-order valence-corrected chi connectivity index (χ4v) is 5.58. The van der Waals surface area contributed by atoms with Crippen molar-refractivity contribution in [3.8, 4) is 0 Å². The highest BCUT2D eigenvalue weighted by Crippen LogP contribution is 2.28. The maximum Gasteiger partial charge on any atom is 0.242 e. The third kappa shape index (κ3) is 4.52. The predicted molar refractivity (Wildman–Crippen MR) is 88.2 cm³/mol. The first-order valence-electron chi connectivity index (χ1n) is 7.80. The molecule has 1 aliphatic carbocycles. The molecule has 1 aliphatic rings. The van der Waals surface area contributed by atoms with Crippen molar-refractivity contribution < 1.29 is 8.42 Å². The molecule has 1 aromatic rings. The first-order chi connectivity index (χ1) is 9.97. The number of hydrogen-bond donors (Lipinski definition) is 2. The largest absolute Gasteiger partial charge is 0.309 e. The Morgan fingerprint density at radius 3 is 2.67 bits per heavy atom. The van der Waals surface area contributed by atoms with Gasteiger partial charge < -0.3 is 5.32 Å². The molecule has 0 aliphatic heterocycles. The van der Waals surface area contributed by atoms with Gasteiger partial charge in [-0.3, -0.25) is 0 Å². The Kier molecular flexibility index (Phi) is 5.82. The van der Waals surface area contributed by atoms with E-state index >= 15 is 0 Å². The van der Waals surface area contributed by atoms with Crippen LogP contribution in [0.1, 0.15) is 56.4 Å². The summed E-state index contributed by atoms with van der Waals surface area (Å²) in [4.78, 5) is 1.42. The molecule has 1 unspecified atom stereocenters. The number of thiophene rings is 1. The zero-order valence-electron chi connectivity index (χ0n) is 13.1. The summed E-state index contributed by atoms with van der Waals surface area (Å²) in [5.41, 5.74) is 0.853. The van der Waals surface area contributed by atoms with E-state index in [-0.39, 0.29) is 6.04 Å². The lowest BCUT2D eigenvalue weighted by Crippen LogP contribution is -2.35. The summed E-state index contributed by atoms with van der Waals surface area (Å²) in [6.07, 6.45) is 5.11. The van der Waals surface area contributed by atoms with Gasteiger partial charge in [-0.05, 0) is 43.6 Å². The second-order valence-corrected chi connectivity index (χ2v) is 8.46. The molecule has 2 rings (SSSR count). The molecule has 0 aromatic carbocycles. The quantitative estimate of drug-likeness (QED) is 0.731. The lowest BCUT2D eigenvalue weighted by atomic mass is 10.1. The standard InChI is InChI=1S/C15H26N2O2S2/c1-4-6-12(5-2)17-21(18,19)15-11(3)10-20-14(15)9-16-13-7-8-13/h10,12-13,16-17H,4-9H2,1-3H3. The van der Waals surface area contributed by atoms with Gasteiger partial charge >= 0.3 is 0 Å². The minimum Gasteiger partial charge on any atom is -0.309 e. The maximum atomic E-state index is 12.7. The zero-order chi connectivity index (χ0) is 15.5. The normalized spacial score (nSPS) is 17.1. The van der Waals surface area contributed by atoms with Crippen LogP contribution in [0.2, 0.25) is 0 Å². The minimum absolute atomic E-state index is 0.0311. The first-order valence-corrected chi connectivity index (χ1v) is 10.2. The maximum absolute atomic E-state index is 12.7. The Labute approximate surface area is 132 Å². The minimum atomic E-state index is -3.42. The Bertz CT molecular complexity index is 562. The molecule has 6 heteroatoms. The molecule has 2 N–H and O–H groups in total. The van der Waals surface area contributed by atoms with Crippen LogP contribution in [-0.2, 0) is 16.6 Å². The van der Waals surface area contributed by atoms with Gasteiger partial charge in [-0.25, -0.2) is 13.1 Å². The van der Waals surface area contributed by atoms with Crippen LogP contribution in [0.25, 0.3) is 0 Å². The topological polar surface area (TPSA) is 58.2 Å². The average Bonchev–Trinajstić information content (AvgIpc) is 3.18. The summed E-state index contributed by atoms with van der Waals surface area (Å²) in [5, 5.41) is 5.35. The van der Waals surface area contributed by atoms with Gasteiger partial charge in [0.2, 0.25) is 10.0 Å². The van der Waals surface area contributed by atoms with E-state index in [1.165, 1.54) is 24.2 Å². The summed E-state index contributed by atoms with van der Waals surface area (Å²) in [7, 11) is -3.42. The van der Waals surface area contributed by atoms with E-state index in [1.807, 2.05) is 19.2 Å². The molecule has 4 nitrogen and oxygen atoms in total. The van der Waals surface area contributed by atoms with Crippen LogP contribution in [0.5, 0.6) is 0 Å². The van der Waals surface area contributed by atoms with Gasteiger partial charge in [0.1, 0.15) is 4.90 Å². The van der Waals surface area contributed by atoms with E-state index < -0.39 is 10.0 Å². The lowest BCUT2D eigenvalue weighted by molar-refractivity contribution is 0.511. The van der Waals surface area contributed by atoms with Crippen LogP contribution in [0.3, 0.4) is 0 Å². The summed E-state index contributed by atoms with van der Waals surface area (Å²) < 4.78 is 28.3. The monoisotopic (exact) mass is 330 g/mol. The van der Waals surface area contributed by atoms with Crippen LogP contribution in [0.4, 0.5) is 0 Å². The molecule has 0 radical (unpaired) electrons. The Morgan fingerprint density at radius 2 is 2.10 bits per heavy atom. The number of nitrogens with one attached hydrogen (secondary N) is 2. The third-order valence-electron chi connectivity index (χ3n) is 3.84. The van der Waals surface area contributed by atoms with Gasteiger partial charge in [-0.15, -0.1) is 11.3 Å². The average molecular weight is 331 g/mol. The Hall–Kier alpha value is -0.430. The molecule has 21 heavy (non-hydrogen) atoms. The number of aryl methyl sites for hydroxylation is 1. The van der Waals surface area contributed by atoms with Crippen LogP contribution < -0.4 is 10.0 Å². The van der Waals surface area contributed by atoms with E-state index in [0.717, 1.165) is 29.7 Å². The van der Waals surface area contributed by atoms with E-state index in [1.54, 1.807) is 0 Å². The lowest BCUT2D eigenvalue weighted by Gasteiger charge is -2.17. The summed E-state index contributed by atoms with van der Waals surface area (Å²) >= 11 is 1.54. The van der Waals surface area contributed by atoms with Crippen LogP contribution >= 0.6 is 11.3 Å². The van der Waals surface area contributed by atoms with Crippen molar-refractivity contribution in [1.82, 2.24) is 10.0 Å². The molecule has 1 atom stereocenters. The van der Waals surface area contributed by atoms with Crippen molar-refractivity contribution in [3.05, 3.63) is 15.8 Å². The highest BCUT2D eigenvalue weighted by Gasteiger charge is 2.27.